The van der Waals surface area contributed by atoms with E-state index in [1.54, 1.807) is 32.9 Å². The molecule has 0 aliphatic rings. The van der Waals surface area contributed by atoms with Gasteiger partial charge in [-0.1, -0.05) is 72.8 Å². The van der Waals surface area contributed by atoms with Gasteiger partial charge in [-0.05, 0) is 49.6 Å². The van der Waals surface area contributed by atoms with Gasteiger partial charge in [0.05, 0.1) is 0 Å². The zero-order valence-corrected chi connectivity index (χ0v) is 19.0. The summed E-state index contributed by atoms with van der Waals surface area (Å²) in [6, 6.07) is 25.3. The smallest absolute Gasteiger partial charge is 0.410 e. The lowest BCUT2D eigenvalue weighted by atomic mass is 9.98. The van der Waals surface area contributed by atoms with Gasteiger partial charge in [0.25, 0.3) is 0 Å². The third-order valence-corrected chi connectivity index (χ3v) is 4.84. The summed E-state index contributed by atoms with van der Waals surface area (Å²) in [5.74, 6) is 0.0999. The van der Waals surface area contributed by atoms with Gasteiger partial charge in [-0.25, -0.2) is 4.79 Å². The van der Waals surface area contributed by atoms with Crippen molar-refractivity contribution in [1.82, 2.24) is 5.32 Å². The largest absolute Gasteiger partial charge is 0.508 e. The minimum absolute atomic E-state index is 0.0339. The van der Waals surface area contributed by atoms with Gasteiger partial charge in [0.15, 0.2) is 6.29 Å². The lowest BCUT2D eigenvalue weighted by Crippen LogP contribution is -2.55. The van der Waals surface area contributed by atoms with Crippen LogP contribution in [0.3, 0.4) is 0 Å². The first-order valence-electron chi connectivity index (χ1n) is 10.7. The Morgan fingerprint density at radius 1 is 0.909 bits per heavy atom. The average Bonchev–Trinajstić information content (AvgIpc) is 2.79. The molecule has 0 unspecified atom stereocenters. The van der Waals surface area contributed by atoms with Gasteiger partial charge in [0.2, 0.25) is 5.72 Å². The maximum atomic E-state index is 12.7. The second-order valence-corrected chi connectivity index (χ2v) is 8.80. The zero-order valence-electron chi connectivity index (χ0n) is 19.0. The molecule has 3 rings (SSSR count). The summed E-state index contributed by atoms with van der Waals surface area (Å²) < 4.78 is 11.9. The van der Waals surface area contributed by atoms with Crippen LogP contribution in [0, 0.1) is 0 Å². The fraction of sp³-hybridized carbons (Fsp3) is 0.259. The Bertz CT molecular complexity index is 1010. The number of hydrogen-bond donors (Lipinski definition) is 2. The molecule has 6 heteroatoms. The van der Waals surface area contributed by atoms with Crippen LogP contribution in [-0.4, -0.2) is 28.8 Å². The Morgan fingerprint density at radius 2 is 1.42 bits per heavy atom. The van der Waals surface area contributed by atoms with Crippen molar-refractivity contribution in [3.05, 3.63) is 102 Å². The summed E-state index contributed by atoms with van der Waals surface area (Å²) in [6.45, 7) is 5.23. The number of alkyl carbamates (subject to hydrolysis) is 1. The molecular weight excluding hydrogens is 418 g/mol. The number of ether oxygens (including phenoxy) is 2. The molecule has 0 heterocycles. The van der Waals surface area contributed by atoms with Crippen molar-refractivity contribution in [3.63, 3.8) is 0 Å². The van der Waals surface area contributed by atoms with E-state index in [0.29, 0.717) is 11.8 Å². The summed E-state index contributed by atoms with van der Waals surface area (Å²) in [5, 5.41) is 12.3. The monoisotopic (exact) mass is 447 g/mol. The summed E-state index contributed by atoms with van der Waals surface area (Å²) >= 11 is 0. The molecule has 172 valence electrons. The van der Waals surface area contributed by atoms with E-state index in [2.05, 4.69) is 5.32 Å². The molecule has 33 heavy (non-hydrogen) atoms. The Hall–Kier alpha value is -3.64. The SMILES string of the molecule is CC(C)(C)OC(=O)N[C@@](C=O)(Cc1ccc(O)cc1)OC(c1ccccc1)c1ccccc1. The average molecular weight is 448 g/mol. The molecule has 0 aliphatic carbocycles. The summed E-state index contributed by atoms with van der Waals surface area (Å²) in [4.78, 5) is 25.3. The number of carbonyl (C=O) groups excluding carboxylic acids is 2. The first-order valence-corrected chi connectivity index (χ1v) is 10.7. The predicted octanol–water partition coefficient (Wildman–Crippen LogP) is 5.16. The van der Waals surface area contributed by atoms with Crippen molar-refractivity contribution in [3.8, 4) is 5.75 Å². The van der Waals surface area contributed by atoms with E-state index < -0.39 is 23.5 Å². The first-order chi connectivity index (χ1) is 15.7. The first kappa shape index (κ1) is 24.0. The predicted molar refractivity (Wildman–Crippen MR) is 126 cm³/mol. The fourth-order valence-corrected chi connectivity index (χ4v) is 3.40. The number of benzene rings is 3. The maximum absolute atomic E-state index is 12.7. The molecule has 1 amide bonds. The Labute approximate surface area is 194 Å². The number of hydrogen-bond acceptors (Lipinski definition) is 5. The van der Waals surface area contributed by atoms with E-state index >= 15 is 0 Å². The van der Waals surface area contributed by atoms with E-state index in [1.807, 2.05) is 60.7 Å². The highest BCUT2D eigenvalue weighted by molar-refractivity contribution is 5.76. The number of aldehydes is 1. The van der Waals surface area contributed by atoms with Crippen LogP contribution in [-0.2, 0) is 20.7 Å². The molecule has 3 aromatic rings. The van der Waals surface area contributed by atoms with Crippen LogP contribution in [0.2, 0.25) is 0 Å². The highest BCUT2D eigenvalue weighted by atomic mass is 16.6. The molecule has 1 atom stereocenters. The van der Waals surface area contributed by atoms with Crippen molar-refractivity contribution in [2.24, 2.45) is 0 Å². The van der Waals surface area contributed by atoms with Crippen molar-refractivity contribution in [2.45, 2.75) is 44.6 Å². The minimum Gasteiger partial charge on any atom is -0.508 e. The number of rotatable bonds is 8. The van der Waals surface area contributed by atoms with Gasteiger partial charge in [-0.15, -0.1) is 0 Å². The van der Waals surface area contributed by atoms with Gasteiger partial charge >= 0.3 is 6.09 Å². The number of aromatic hydroxyl groups is 1. The van der Waals surface area contributed by atoms with Crippen molar-refractivity contribution < 1.29 is 24.2 Å². The van der Waals surface area contributed by atoms with Crippen molar-refractivity contribution >= 4 is 12.4 Å². The molecule has 3 aromatic carbocycles. The molecule has 6 nitrogen and oxygen atoms in total. The van der Waals surface area contributed by atoms with E-state index in [9.17, 15) is 14.7 Å². The summed E-state index contributed by atoms with van der Waals surface area (Å²) in [7, 11) is 0. The van der Waals surface area contributed by atoms with Crippen LogP contribution in [0.1, 0.15) is 43.6 Å². The van der Waals surface area contributed by atoms with Gasteiger partial charge in [-0.2, -0.15) is 0 Å². The third-order valence-electron chi connectivity index (χ3n) is 4.84. The van der Waals surface area contributed by atoms with Crippen LogP contribution in [0.4, 0.5) is 4.79 Å². The van der Waals surface area contributed by atoms with Crippen molar-refractivity contribution in [1.29, 1.82) is 0 Å². The molecule has 0 aliphatic heterocycles. The second-order valence-electron chi connectivity index (χ2n) is 8.80. The number of phenols is 1. The van der Waals surface area contributed by atoms with Crippen LogP contribution < -0.4 is 5.32 Å². The number of nitrogens with one attached hydrogen (secondary N) is 1. The number of carbonyl (C=O) groups is 2. The van der Waals surface area contributed by atoms with Crippen LogP contribution in [0.15, 0.2) is 84.9 Å². The van der Waals surface area contributed by atoms with E-state index in [4.69, 9.17) is 9.47 Å². The van der Waals surface area contributed by atoms with Crippen LogP contribution in [0.5, 0.6) is 5.75 Å². The van der Waals surface area contributed by atoms with E-state index in [-0.39, 0.29) is 12.2 Å². The normalized spacial score (nSPS) is 13.2. The third kappa shape index (κ3) is 6.92. The van der Waals surface area contributed by atoms with Crippen LogP contribution >= 0.6 is 0 Å². The molecule has 0 bridgehead atoms. The second kappa shape index (κ2) is 10.3. The van der Waals surface area contributed by atoms with E-state index in [0.717, 1.165) is 11.1 Å². The Morgan fingerprint density at radius 3 is 1.88 bits per heavy atom. The van der Waals surface area contributed by atoms with Crippen molar-refractivity contribution in [2.75, 3.05) is 0 Å². The lowest BCUT2D eigenvalue weighted by Gasteiger charge is -2.34. The molecular formula is C27H29NO5. The molecule has 2 N–H and O–H groups in total. The summed E-state index contributed by atoms with van der Waals surface area (Å²) in [5.41, 5.74) is -0.139. The summed E-state index contributed by atoms with van der Waals surface area (Å²) in [6.07, 6.45) is -0.785. The van der Waals surface area contributed by atoms with Gasteiger partial charge < -0.3 is 14.6 Å². The van der Waals surface area contributed by atoms with E-state index in [1.165, 1.54) is 12.1 Å². The van der Waals surface area contributed by atoms with Crippen LogP contribution in [0.25, 0.3) is 0 Å². The molecule has 0 radical (unpaired) electrons. The lowest BCUT2D eigenvalue weighted by molar-refractivity contribution is -0.143. The van der Waals surface area contributed by atoms with Gasteiger partial charge in [-0.3, -0.25) is 10.1 Å². The maximum Gasteiger partial charge on any atom is 0.410 e. The minimum atomic E-state index is -1.73. The molecule has 0 saturated heterocycles. The van der Waals surface area contributed by atoms with Gasteiger partial charge in [0.1, 0.15) is 17.5 Å². The highest BCUT2D eigenvalue weighted by Crippen LogP contribution is 2.31. The quantitative estimate of drug-likeness (QED) is 0.368. The standard InChI is InChI=1S/C27H29NO5/c1-26(2,3)33-25(31)28-27(19-29,18-20-14-16-23(30)17-15-20)32-24(21-10-6-4-7-11-21)22-12-8-5-9-13-22/h4-17,19,24,30H,18H2,1-3H3,(H,28,31)/t27-/m0/s1. The molecule has 0 saturated carbocycles. The van der Waals surface area contributed by atoms with Gasteiger partial charge in [0, 0.05) is 6.42 Å². The Balaban J connectivity index is 2.02. The highest BCUT2D eigenvalue weighted by Gasteiger charge is 2.38. The fourth-order valence-electron chi connectivity index (χ4n) is 3.40. The molecule has 0 aromatic heterocycles. The molecule has 0 spiro atoms. The number of phenolic OH excluding ortho intramolecular Hbond substituents is 1. The Kier molecular flexibility index (Phi) is 7.51. The topological polar surface area (TPSA) is 84.9 Å². The molecule has 0 fully saturated rings. The number of amides is 1. The zero-order chi connectivity index (χ0) is 23.9.